The van der Waals surface area contributed by atoms with Crippen LogP contribution in [0.25, 0.3) is 0 Å². The molecule has 1 rings (SSSR count). The van der Waals surface area contributed by atoms with Gasteiger partial charge in [0.2, 0.25) is 0 Å². The fraction of sp³-hybridized carbons (Fsp3) is 1.00. The van der Waals surface area contributed by atoms with Crippen molar-refractivity contribution in [2.75, 3.05) is 0 Å². The quantitative estimate of drug-likeness (QED) is 0.561. The summed E-state index contributed by atoms with van der Waals surface area (Å²) in [6.45, 7) is 7.99. The van der Waals surface area contributed by atoms with E-state index in [0.717, 1.165) is 6.42 Å². The van der Waals surface area contributed by atoms with Crippen molar-refractivity contribution < 1.29 is 13.2 Å². The van der Waals surface area contributed by atoms with E-state index in [4.69, 9.17) is 0 Å². The molecule has 0 amide bonds. The van der Waals surface area contributed by atoms with Gasteiger partial charge in [-0.05, 0) is 36.5 Å². The van der Waals surface area contributed by atoms with Crippen LogP contribution in [0.1, 0.15) is 47.0 Å². The van der Waals surface area contributed by atoms with Gasteiger partial charge < -0.3 is 0 Å². The molecular formula is C13H23F3. The standard InChI is InChI=1S/C13H23F3/c1-8-5-6-9(2)12(13(14,15)16)7-10(3)11(8)4/h8-12H,5-7H2,1-4H3/t8?,9?,10-,11?,12?/m1/s1. The van der Waals surface area contributed by atoms with E-state index >= 15 is 0 Å². The third-order valence-electron chi connectivity index (χ3n) is 4.61. The van der Waals surface area contributed by atoms with Crippen molar-refractivity contribution in [2.24, 2.45) is 29.6 Å². The lowest BCUT2D eigenvalue weighted by Gasteiger charge is -2.36. The third kappa shape index (κ3) is 3.14. The minimum Gasteiger partial charge on any atom is -0.171 e. The van der Waals surface area contributed by atoms with E-state index in [1.165, 1.54) is 0 Å². The molecule has 1 saturated carbocycles. The van der Waals surface area contributed by atoms with Gasteiger partial charge in [-0.15, -0.1) is 0 Å². The van der Waals surface area contributed by atoms with Crippen molar-refractivity contribution in [1.82, 2.24) is 0 Å². The molecule has 0 N–H and O–H groups in total. The molecule has 0 heterocycles. The summed E-state index contributed by atoms with van der Waals surface area (Å²) in [6.07, 6.45) is -2.08. The number of hydrogen-bond acceptors (Lipinski definition) is 0. The lowest BCUT2D eigenvalue weighted by atomic mass is 9.71. The minimum atomic E-state index is -4.02. The highest BCUT2D eigenvalue weighted by Gasteiger charge is 2.44. The first kappa shape index (κ1) is 13.9. The highest BCUT2D eigenvalue weighted by atomic mass is 19.4. The molecule has 0 saturated heterocycles. The first-order valence-electron chi connectivity index (χ1n) is 6.30. The normalized spacial score (nSPS) is 42.6. The van der Waals surface area contributed by atoms with Crippen molar-refractivity contribution in [1.29, 1.82) is 0 Å². The first-order valence-corrected chi connectivity index (χ1v) is 6.30. The molecule has 1 fully saturated rings. The monoisotopic (exact) mass is 236 g/mol. The Bertz CT molecular complexity index is 222. The Hall–Kier alpha value is -0.210. The minimum absolute atomic E-state index is 0.171. The highest BCUT2D eigenvalue weighted by molar-refractivity contribution is 4.82. The second-order valence-electron chi connectivity index (χ2n) is 5.75. The van der Waals surface area contributed by atoms with E-state index in [2.05, 4.69) is 13.8 Å². The lowest BCUT2D eigenvalue weighted by Crippen LogP contribution is -2.35. The molecule has 4 unspecified atom stereocenters. The first-order chi connectivity index (χ1) is 7.23. The molecule has 0 radical (unpaired) electrons. The van der Waals surface area contributed by atoms with E-state index in [-0.39, 0.29) is 11.8 Å². The maximum Gasteiger partial charge on any atom is 0.392 e. The van der Waals surface area contributed by atoms with Crippen molar-refractivity contribution in [3.05, 3.63) is 0 Å². The molecule has 16 heavy (non-hydrogen) atoms. The molecule has 0 bridgehead atoms. The lowest BCUT2D eigenvalue weighted by molar-refractivity contribution is -0.196. The van der Waals surface area contributed by atoms with Crippen LogP contribution in [0, 0.1) is 29.6 Å². The zero-order chi connectivity index (χ0) is 12.5. The zero-order valence-corrected chi connectivity index (χ0v) is 10.6. The summed E-state index contributed by atoms with van der Waals surface area (Å²) >= 11 is 0. The maximum atomic E-state index is 12.9. The van der Waals surface area contributed by atoms with E-state index in [0.29, 0.717) is 24.7 Å². The van der Waals surface area contributed by atoms with E-state index < -0.39 is 12.1 Å². The Labute approximate surface area is 96.6 Å². The molecule has 0 spiro atoms. The fourth-order valence-corrected chi connectivity index (χ4v) is 2.85. The van der Waals surface area contributed by atoms with Gasteiger partial charge in [0.05, 0.1) is 5.92 Å². The van der Waals surface area contributed by atoms with Gasteiger partial charge in [0.25, 0.3) is 0 Å². The predicted octanol–water partition coefficient (Wildman–Crippen LogP) is 4.89. The SMILES string of the molecule is CC1CCC(C)C(C(F)(F)F)C[C@@H](C)C1C. The highest BCUT2D eigenvalue weighted by Crippen LogP contribution is 2.43. The fourth-order valence-electron chi connectivity index (χ4n) is 2.85. The van der Waals surface area contributed by atoms with Crippen LogP contribution in [0.2, 0.25) is 0 Å². The molecule has 5 atom stereocenters. The number of alkyl halides is 3. The zero-order valence-electron chi connectivity index (χ0n) is 10.6. The van der Waals surface area contributed by atoms with Gasteiger partial charge in [0.15, 0.2) is 0 Å². The third-order valence-corrected chi connectivity index (χ3v) is 4.61. The second kappa shape index (κ2) is 4.97. The Balaban J connectivity index is 2.80. The Morgan fingerprint density at radius 2 is 1.31 bits per heavy atom. The summed E-state index contributed by atoms with van der Waals surface area (Å²) in [6, 6.07) is 0. The van der Waals surface area contributed by atoms with Crippen molar-refractivity contribution >= 4 is 0 Å². The average Bonchev–Trinajstić information content (AvgIpc) is 2.17. The van der Waals surface area contributed by atoms with Gasteiger partial charge in [-0.3, -0.25) is 0 Å². The van der Waals surface area contributed by atoms with Gasteiger partial charge in [-0.25, -0.2) is 0 Å². The van der Waals surface area contributed by atoms with Crippen molar-refractivity contribution in [3.63, 3.8) is 0 Å². The number of hydrogen-bond donors (Lipinski definition) is 0. The summed E-state index contributed by atoms with van der Waals surface area (Å²) < 4.78 is 38.7. The van der Waals surface area contributed by atoms with Crippen LogP contribution in [0.5, 0.6) is 0 Å². The Morgan fingerprint density at radius 1 is 0.812 bits per heavy atom. The van der Waals surface area contributed by atoms with Crippen molar-refractivity contribution in [3.8, 4) is 0 Å². The molecule has 0 aromatic heterocycles. The molecule has 1 aliphatic rings. The van der Waals surface area contributed by atoms with Crippen LogP contribution >= 0.6 is 0 Å². The van der Waals surface area contributed by atoms with E-state index in [1.807, 2.05) is 6.92 Å². The molecule has 0 aromatic rings. The summed E-state index contributed by atoms with van der Waals surface area (Å²) in [4.78, 5) is 0. The average molecular weight is 236 g/mol. The largest absolute Gasteiger partial charge is 0.392 e. The van der Waals surface area contributed by atoms with Gasteiger partial charge in [-0.1, -0.05) is 34.1 Å². The summed E-state index contributed by atoms with van der Waals surface area (Å²) in [5, 5.41) is 0. The summed E-state index contributed by atoms with van der Waals surface area (Å²) in [5.41, 5.74) is 0. The molecule has 0 nitrogen and oxygen atoms in total. The topological polar surface area (TPSA) is 0 Å². The van der Waals surface area contributed by atoms with Gasteiger partial charge in [-0.2, -0.15) is 13.2 Å². The smallest absolute Gasteiger partial charge is 0.171 e. The number of halogens is 3. The Morgan fingerprint density at radius 3 is 1.81 bits per heavy atom. The summed E-state index contributed by atoms with van der Waals surface area (Å²) in [7, 11) is 0. The molecule has 0 aliphatic heterocycles. The van der Waals surface area contributed by atoms with E-state index in [1.54, 1.807) is 6.92 Å². The van der Waals surface area contributed by atoms with Crippen LogP contribution in [-0.2, 0) is 0 Å². The van der Waals surface area contributed by atoms with Crippen LogP contribution in [0.4, 0.5) is 13.2 Å². The molecule has 1 aliphatic carbocycles. The summed E-state index contributed by atoms with van der Waals surface area (Å²) in [5.74, 6) is -0.205. The van der Waals surface area contributed by atoms with Crippen LogP contribution in [0.15, 0.2) is 0 Å². The molecule has 0 aromatic carbocycles. The van der Waals surface area contributed by atoms with Gasteiger partial charge in [0, 0.05) is 0 Å². The van der Waals surface area contributed by atoms with E-state index in [9.17, 15) is 13.2 Å². The molecular weight excluding hydrogens is 213 g/mol. The molecule has 96 valence electrons. The van der Waals surface area contributed by atoms with Gasteiger partial charge in [0.1, 0.15) is 0 Å². The maximum absolute atomic E-state index is 12.9. The predicted molar refractivity (Wildman–Crippen MR) is 60.1 cm³/mol. The number of rotatable bonds is 0. The second-order valence-corrected chi connectivity index (χ2v) is 5.75. The molecule has 3 heteroatoms. The van der Waals surface area contributed by atoms with Crippen LogP contribution < -0.4 is 0 Å². The van der Waals surface area contributed by atoms with Crippen LogP contribution in [-0.4, -0.2) is 6.18 Å². The van der Waals surface area contributed by atoms with Gasteiger partial charge >= 0.3 is 6.18 Å². The van der Waals surface area contributed by atoms with Crippen molar-refractivity contribution in [2.45, 2.75) is 53.1 Å². The van der Waals surface area contributed by atoms with Crippen LogP contribution in [0.3, 0.4) is 0 Å². The Kier molecular flexibility index (Phi) is 4.30.